The molecule has 0 saturated heterocycles. The molecular weight excluding hydrogens is 376 g/mol. The molecule has 1 amide bonds. The predicted molar refractivity (Wildman–Crippen MR) is 110 cm³/mol. The minimum atomic E-state index is -0.295. The first-order valence-corrected chi connectivity index (χ1v) is 9.06. The standard InChI is InChI=1S/C22H17ClN2O3/c1-12-9-13(2)20-18(10-12)25-22(28-20)17-8-7-16(11-19(17)26)24-21(27)14-3-5-15(23)6-4-14/h3-11,26H,1-2H3,(H,24,27). The summed E-state index contributed by atoms with van der Waals surface area (Å²) < 4.78 is 5.85. The van der Waals surface area contributed by atoms with Crippen LogP contribution in [-0.2, 0) is 0 Å². The zero-order valence-electron chi connectivity index (χ0n) is 15.3. The molecule has 1 aromatic heterocycles. The summed E-state index contributed by atoms with van der Waals surface area (Å²) in [6.45, 7) is 3.95. The normalized spacial score (nSPS) is 11.0. The quantitative estimate of drug-likeness (QED) is 0.467. The fraction of sp³-hybridized carbons (Fsp3) is 0.0909. The second kappa shape index (κ2) is 7.02. The van der Waals surface area contributed by atoms with Crippen LogP contribution < -0.4 is 5.32 Å². The summed E-state index contributed by atoms with van der Waals surface area (Å²) >= 11 is 5.84. The van der Waals surface area contributed by atoms with Crippen LogP contribution in [0.15, 0.2) is 59.0 Å². The summed E-state index contributed by atoms with van der Waals surface area (Å²) in [7, 11) is 0. The Morgan fingerprint density at radius 3 is 2.54 bits per heavy atom. The Labute approximate surface area is 166 Å². The molecule has 140 valence electrons. The van der Waals surface area contributed by atoms with Gasteiger partial charge in [-0.05, 0) is 67.4 Å². The third-order valence-electron chi connectivity index (χ3n) is 4.41. The molecule has 4 aromatic rings. The highest BCUT2D eigenvalue weighted by molar-refractivity contribution is 6.30. The van der Waals surface area contributed by atoms with Crippen molar-refractivity contribution in [2.24, 2.45) is 0 Å². The molecule has 0 aliphatic rings. The van der Waals surface area contributed by atoms with Crippen LogP contribution in [0, 0.1) is 13.8 Å². The molecule has 0 saturated carbocycles. The number of carbonyl (C=O) groups excluding carboxylic acids is 1. The number of hydrogen-bond acceptors (Lipinski definition) is 4. The predicted octanol–water partition coefficient (Wildman–Crippen LogP) is 5.72. The first kappa shape index (κ1) is 18.1. The van der Waals surface area contributed by atoms with Crippen LogP contribution in [0.3, 0.4) is 0 Å². The number of benzene rings is 3. The van der Waals surface area contributed by atoms with Crippen LogP contribution >= 0.6 is 11.6 Å². The monoisotopic (exact) mass is 392 g/mol. The fourth-order valence-corrected chi connectivity index (χ4v) is 3.21. The summed E-state index contributed by atoms with van der Waals surface area (Å²) in [6.07, 6.45) is 0. The van der Waals surface area contributed by atoms with Gasteiger partial charge in [-0.15, -0.1) is 0 Å². The van der Waals surface area contributed by atoms with E-state index in [1.54, 1.807) is 36.4 Å². The van der Waals surface area contributed by atoms with Gasteiger partial charge < -0.3 is 14.8 Å². The van der Waals surface area contributed by atoms with Gasteiger partial charge in [-0.1, -0.05) is 17.7 Å². The zero-order valence-corrected chi connectivity index (χ0v) is 16.0. The van der Waals surface area contributed by atoms with Gasteiger partial charge in [-0.25, -0.2) is 4.98 Å². The number of anilines is 1. The molecule has 0 radical (unpaired) electrons. The molecule has 0 aliphatic carbocycles. The van der Waals surface area contributed by atoms with E-state index in [1.165, 1.54) is 6.07 Å². The Morgan fingerprint density at radius 1 is 1.07 bits per heavy atom. The van der Waals surface area contributed by atoms with E-state index < -0.39 is 0 Å². The maximum Gasteiger partial charge on any atom is 0.255 e. The number of aromatic nitrogens is 1. The number of amides is 1. The average Bonchev–Trinajstić information content (AvgIpc) is 3.06. The molecule has 1 heterocycles. The second-order valence-electron chi connectivity index (χ2n) is 6.64. The average molecular weight is 393 g/mol. The van der Waals surface area contributed by atoms with Crippen LogP contribution in [0.4, 0.5) is 5.69 Å². The Kier molecular flexibility index (Phi) is 4.53. The lowest BCUT2D eigenvalue weighted by Gasteiger charge is -2.07. The van der Waals surface area contributed by atoms with Crippen molar-refractivity contribution in [3.05, 3.63) is 76.3 Å². The zero-order chi connectivity index (χ0) is 19.8. The molecule has 0 aliphatic heterocycles. The van der Waals surface area contributed by atoms with Crippen LogP contribution in [0.1, 0.15) is 21.5 Å². The van der Waals surface area contributed by atoms with Crippen molar-refractivity contribution in [2.75, 3.05) is 5.32 Å². The minimum absolute atomic E-state index is 0.0326. The number of oxazole rings is 1. The van der Waals surface area contributed by atoms with Crippen LogP contribution in [0.5, 0.6) is 5.75 Å². The number of aryl methyl sites for hydroxylation is 2. The van der Waals surface area contributed by atoms with Gasteiger partial charge in [0.05, 0.1) is 5.56 Å². The second-order valence-corrected chi connectivity index (χ2v) is 7.08. The van der Waals surface area contributed by atoms with Crippen molar-refractivity contribution in [3.63, 3.8) is 0 Å². The number of rotatable bonds is 3. The fourth-order valence-electron chi connectivity index (χ4n) is 3.09. The van der Waals surface area contributed by atoms with Crippen LogP contribution in [-0.4, -0.2) is 16.0 Å². The molecule has 3 aromatic carbocycles. The van der Waals surface area contributed by atoms with Crippen molar-refractivity contribution in [1.29, 1.82) is 0 Å². The van der Waals surface area contributed by atoms with E-state index in [0.29, 0.717) is 33.3 Å². The van der Waals surface area contributed by atoms with Crippen molar-refractivity contribution < 1.29 is 14.3 Å². The Bertz CT molecular complexity index is 1200. The largest absolute Gasteiger partial charge is 0.507 e. The maximum atomic E-state index is 12.3. The van der Waals surface area contributed by atoms with E-state index in [4.69, 9.17) is 16.0 Å². The van der Waals surface area contributed by atoms with Gasteiger partial charge in [-0.3, -0.25) is 4.79 Å². The van der Waals surface area contributed by atoms with Gasteiger partial charge in [0.1, 0.15) is 11.3 Å². The number of aromatic hydroxyl groups is 1. The summed E-state index contributed by atoms with van der Waals surface area (Å²) in [6, 6.07) is 15.3. The van der Waals surface area contributed by atoms with E-state index in [9.17, 15) is 9.90 Å². The van der Waals surface area contributed by atoms with Gasteiger partial charge in [0.2, 0.25) is 5.89 Å². The third kappa shape index (κ3) is 3.44. The highest BCUT2D eigenvalue weighted by atomic mass is 35.5. The first-order valence-electron chi connectivity index (χ1n) is 8.69. The van der Waals surface area contributed by atoms with Gasteiger partial charge >= 0.3 is 0 Å². The Hall–Kier alpha value is -3.31. The highest BCUT2D eigenvalue weighted by Gasteiger charge is 2.15. The number of hydrogen-bond donors (Lipinski definition) is 2. The Balaban J connectivity index is 1.62. The van der Waals surface area contributed by atoms with Crippen LogP contribution in [0.2, 0.25) is 5.02 Å². The minimum Gasteiger partial charge on any atom is -0.507 e. The molecule has 0 bridgehead atoms. The lowest BCUT2D eigenvalue weighted by molar-refractivity contribution is 0.102. The Morgan fingerprint density at radius 2 is 1.82 bits per heavy atom. The van der Waals surface area contributed by atoms with Crippen molar-refractivity contribution in [1.82, 2.24) is 4.98 Å². The van der Waals surface area contributed by atoms with Gasteiger partial charge in [0.15, 0.2) is 5.58 Å². The third-order valence-corrected chi connectivity index (χ3v) is 4.66. The molecule has 0 atom stereocenters. The van der Waals surface area contributed by atoms with Crippen molar-refractivity contribution in [2.45, 2.75) is 13.8 Å². The lowest BCUT2D eigenvalue weighted by Crippen LogP contribution is -2.11. The number of nitrogens with zero attached hydrogens (tertiary/aromatic N) is 1. The number of phenols is 1. The van der Waals surface area contributed by atoms with Gasteiger partial charge in [0.25, 0.3) is 5.91 Å². The van der Waals surface area contributed by atoms with Crippen LogP contribution in [0.25, 0.3) is 22.6 Å². The molecule has 6 heteroatoms. The number of phenolic OH excluding ortho intramolecular Hbond substituents is 1. The summed E-state index contributed by atoms with van der Waals surface area (Å²) in [4.78, 5) is 16.8. The highest BCUT2D eigenvalue weighted by Crippen LogP contribution is 2.34. The summed E-state index contributed by atoms with van der Waals surface area (Å²) in [5, 5.41) is 13.7. The van der Waals surface area contributed by atoms with Crippen molar-refractivity contribution in [3.8, 4) is 17.2 Å². The van der Waals surface area contributed by atoms with E-state index >= 15 is 0 Å². The molecule has 0 fully saturated rings. The molecule has 5 nitrogen and oxygen atoms in total. The summed E-state index contributed by atoms with van der Waals surface area (Å²) in [5.74, 6) is 0.00314. The van der Waals surface area contributed by atoms with E-state index in [1.807, 2.05) is 26.0 Å². The van der Waals surface area contributed by atoms with Crippen molar-refractivity contribution >= 4 is 34.3 Å². The number of carbonyl (C=O) groups is 1. The molecule has 0 spiro atoms. The summed E-state index contributed by atoms with van der Waals surface area (Å²) in [5.41, 5.74) is 4.90. The maximum absolute atomic E-state index is 12.3. The SMILES string of the molecule is Cc1cc(C)c2oc(-c3ccc(NC(=O)c4ccc(Cl)cc4)cc3O)nc2c1. The van der Waals surface area contributed by atoms with Gasteiger partial charge in [-0.2, -0.15) is 0 Å². The molecular formula is C22H17ClN2O3. The smallest absolute Gasteiger partial charge is 0.255 e. The molecule has 28 heavy (non-hydrogen) atoms. The molecule has 2 N–H and O–H groups in total. The van der Waals surface area contributed by atoms with E-state index in [-0.39, 0.29) is 11.7 Å². The topological polar surface area (TPSA) is 75.4 Å². The lowest BCUT2D eigenvalue weighted by atomic mass is 10.1. The number of fused-ring (bicyclic) bond motifs is 1. The van der Waals surface area contributed by atoms with E-state index in [2.05, 4.69) is 10.3 Å². The van der Waals surface area contributed by atoms with E-state index in [0.717, 1.165) is 16.6 Å². The number of nitrogens with one attached hydrogen (secondary N) is 1. The molecule has 0 unspecified atom stereocenters. The van der Waals surface area contributed by atoms with Gasteiger partial charge in [0, 0.05) is 22.3 Å². The number of halogens is 1. The first-order chi connectivity index (χ1) is 13.4. The molecule has 4 rings (SSSR count).